The molecule has 0 saturated carbocycles. The van der Waals surface area contributed by atoms with Crippen LogP contribution >= 0.6 is 11.3 Å². The number of pyridine rings is 2. The summed E-state index contributed by atoms with van der Waals surface area (Å²) in [6.07, 6.45) is 5.90. The van der Waals surface area contributed by atoms with Gasteiger partial charge in [-0.05, 0) is 41.3 Å². The van der Waals surface area contributed by atoms with E-state index in [9.17, 15) is 0 Å². The van der Waals surface area contributed by atoms with E-state index in [1.54, 1.807) is 29.9 Å². The molecule has 0 saturated heterocycles. The number of nitrogens with zero attached hydrogens (tertiary/aromatic N) is 2. The second-order valence-electron chi connectivity index (χ2n) is 5.32. The minimum absolute atomic E-state index is 0.0389. The van der Waals surface area contributed by atoms with Crippen LogP contribution in [0.15, 0.2) is 53.6 Å². The van der Waals surface area contributed by atoms with Crippen molar-refractivity contribution in [2.45, 2.75) is 12.5 Å². The minimum Gasteiger partial charge on any atom is -0.485 e. The molecule has 3 aromatic heterocycles. The molecule has 0 aliphatic carbocycles. The van der Waals surface area contributed by atoms with Crippen molar-refractivity contribution in [2.24, 2.45) is 0 Å². The predicted molar refractivity (Wildman–Crippen MR) is 93.2 cm³/mol. The number of fused-ring (bicyclic) bond motifs is 1. The van der Waals surface area contributed by atoms with E-state index in [0.717, 1.165) is 28.3 Å². The number of ether oxygens (including phenoxy) is 2. The summed E-state index contributed by atoms with van der Waals surface area (Å²) >= 11 is 1.58. The monoisotopic (exact) mass is 334 g/mol. The summed E-state index contributed by atoms with van der Waals surface area (Å²) in [5, 5.41) is 3.90. The molecule has 0 amide bonds. The Bertz CT molecular complexity index is 896. The van der Waals surface area contributed by atoms with Gasteiger partial charge in [0.15, 0.2) is 11.5 Å². The van der Waals surface area contributed by atoms with Gasteiger partial charge in [-0.15, -0.1) is 11.3 Å². The summed E-state index contributed by atoms with van der Waals surface area (Å²) in [5.41, 5.74) is 2.93. The Hall–Kier alpha value is -2.84. The Balaban J connectivity index is 1.44. The number of aromatic nitrogens is 2. The zero-order valence-corrected chi connectivity index (χ0v) is 13.6. The molecule has 0 bridgehead atoms. The Morgan fingerprint density at radius 2 is 1.92 bits per heavy atom. The first-order valence-electron chi connectivity index (χ1n) is 7.59. The number of hydrogen-bond acceptors (Lipinski definition) is 5. The van der Waals surface area contributed by atoms with Gasteiger partial charge >= 0.3 is 0 Å². The fourth-order valence-electron chi connectivity index (χ4n) is 2.44. The van der Waals surface area contributed by atoms with E-state index < -0.39 is 0 Å². The average Bonchev–Trinajstić information content (AvgIpc) is 3.11. The molecule has 1 atom stereocenters. The zero-order chi connectivity index (χ0) is 16.2. The summed E-state index contributed by atoms with van der Waals surface area (Å²) in [4.78, 5) is 8.35. The van der Waals surface area contributed by atoms with Gasteiger partial charge in [-0.2, -0.15) is 0 Å². The van der Waals surface area contributed by atoms with Crippen LogP contribution in [0.1, 0.15) is 12.1 Å². The van der Waals surface area contributed by atoms with Crippen LogP contribution in [0.3, 0.4) is 0 Å². The van der Waals surface area contributed by atoms with E-state index in [0.29, 0.717) is 13.0 Å². The van der Waals surface area contributed by atoms with Crippen LogP contribution < -0.4 is 9.47 Å². The molecule has 24 heavy (non-hydrogen) atoms. The Labute approximate surface area is 144 Å². The quantitative estimate of drug-likeness (QED) is 0.669. The van der Waals surface area contributed by atoms with Crippen LogP contribution in [0.4, 0.5) is 0 Å². The van der Waals surface area contributed by atoms with Crippen LogP contribution in [0.5, 0.6) is 11.5 Å². The molecule has 4 rings (SSSR count). The molecule has 0 N–H and O–H groups in total. The van der Waals surface area contributed by atoms with Crippen molar-refractivity contribution >= 4 is 11.3 Å². The lowest BCUT2D eigenvalue weighted by Gasteiger charge is -2.22. The van der Waals surface area contributed by atoms with E-state index in [-0.39, 0.29) is 6.10 Å². The third kappa shape index (κ3) is 3.24. The Kier molecular flexibility index (Phi) is 4.13. The maximum Gasteiger partial charge on any atom is 0.172 e. The minimum atomic E-state index is -0.0389. The van der Waals surface area contributed by atoms with Crippen LogP contribution in [-0.4, -0.2) is 22.7 Å². The van der Waals surface area contributed by atoms with Crippen LogP contribution in [0.2, 0.25) is 0 Å². The molecule has 0 spiro atoms. The summed E-state index contributed by atoms with van der Waals surface area (Å²) in [5.74, 6) is 7.90. The van der Waals surface area contributed by atoms with Crippen molar-refractivity contribution in [3.05, 3.63) is 59.3 Å². The normalized spacial score (nSPS) is 15.4. The van der Waals surface area contributed by atoms with Crippen molar-refractivity contribution in [1.82, 2.24) is 9.97 Å². The number of rotatable bonds is 2. The van der Waals surface area contributed by atoms with Gasteiger partial charge < -0.3 is 9.47 Å². The van der Waals surface area contributed by atoms with E-state index in [4.69, 9.17) is 9.47 Å². The van der Waals surface area contributed by atoms with Gasteiger partial charge in [0.1, 0.15) is 18.4 Å². The number of thiophene rings is 1. The highest BCUT2D eigenvalue weighted by Crippen LogP contribution is 2.35. The number of hydrogen-bond donors (Lipinski definition) is 0. The van der Waals surface area contributed by atoms with Crippen molar-refractivity contribution in [3.8, 4) is 34.5 Å². The first-order chi connectivity index (χ1) is 11.9. The van der Waals surface area contributed by atoms with Crippen LogP contribution in [-0.2, 0) is 0 Å². The molecule has 5 heteroatoms. The van der Waals surface area contributed by atoms with Gasteiger partial charge in [0.05, 0.1) is 0 Å². The molecular weight excluding hydrogens is 320 g/mol. The summed E-state index contributed by atoms with van der Waals surface area (Å²) in [6, 6.07) is 7.89. The first kappa shape index (κ1) is 14.7. The van der Waals surface area contributed by atoms with E-state index in [1.807, 2.05) is 35.0 Å². The summed E-state index contributed by atoms with van der Waals surface area (Å²) < 4.78 is 11.5. The molecule has 1 unspecified atom stereocenters. The molecule has 4 heterocycles. The molecule has 0 fully saturated rings. The van der Waals surface area contributed by atoms with Gasteiger partial charge in [-0.3, -0.25) is 4.98 Å². The van der Waals surface area contributed by atoms with Crippen molar-refractivity contribution in [3.63, 3.8) is 0 Å². The highest BCUT2D eigenvalue weighted by Gasteiger charge is 2.20. The van der Waals surface area contributed by atoms with Crippen LogP contribution in [0.25, 0.3) is 11.1 Å². The fourth-order valence-corrected chi connectivity index (χ4v) is 3.11. The lowest BCUT2D eigenvalue weighted by atomic mass is 10.1. The molecule has 118 valence electrons. The lowest BCUT2D eigenvalue weighted by Crippen LogP contribution is -2.27. The van der Waals surface area contributed by atoms with Crippen LogP contribution in [0, 0.1) is 11.8 Å². The molecule has 0 aromatic carbocycles. The molecule has 4 nitrogen and oxygen atoms in total. The highest BCUT2D eigenvalue weighted by atomic mass is 32.1. The van der Waals surface area contributed by atoms with E-state index in [2.05, 4.69) is 21.8 Å². The summed E-state index contributed by atoms with van der Waals surface area (Å²) in [7, 11) is 0. The maximum absolute atomic E-state index is 5.86. The highest BCUT2D eigenvalue weighted by molar-refractivity contribution is 7.08. The third-order valence-corrected chi connectivity index (χ3v) is 4.33. The largest absolute Gasteiger partial charge is 0.485 e. The standard InChI is InChI=1S/C19H14N2O2S/c1(3-17-11-22-18-12-24-13-19(18)23-17)2-16-10-15(6-9-21-16)14-4-7-20-8-5-14/h4-10,12-13,17H,3,11H2. The first-order valence-corrected chi connectivity index (χ1v) is 8.54. The third-order valence-electron chi connectivity index (χ3n) is 3.63. The van der Waals surface area contributed by atoms with E-state index in [1.165, 1.54) is 0 Å². The van der Waals surface area contributed by atoms with Crippen molar-refractivity contribution in [2.75, 3.05) is 6.61 Å². The second kappa shape index (κ2) is 6.73. The lowest BCUT2D eigenvalue weighted by molar-refractivity contribution is 0.0960. The molecule has 1 aliphatic heterocycles. The van der Waals surface area contributed by atoms with Crippen molar-refractivity contribution in [1.29, 1.82) is 0 Å². The van der Waals surface area contributed by atoms with Gasteiger partial charge in [0, 0.05) is 35.8 Å². The van der Waals surface area contributed by atoms with Gasteiger partial charge in [0.2, 0.25) is 0 Å². The van der Waals surface area contributed by atoms with Gasteiger partial charge in [-0.1, -0.05) is 5.92 Å². The molecular formula is C19H14N2O2S. The smallest absolute Gasteiger partial charge is 0.172 e. The van der Waals surface area contributed by atoms with Gasteiger partial charge in [-0.25, -0.2) is 4.98 Å². The SMILES string of the molecule is C(#Cc1cc(-c2ccncc2)ccn1)CC1COc2cscc2O1. The van der Waals surface area contributed by atoms with Crippen molar-refractivity contribution < 1.29 is 9.47 Å². The summed E-state index contributed by atoms with van der Waals surface area (Å²) in [6.45, 7) is 0.531. The van der Waals surface area contributed by atoms with Gasteiger partial charge in [0.25, 0.3) is 0 Å². The zero-order valence-electron chi connectivity index (χ0n) is 12.8. The topological polar surface area (TPSA) is 44.2 Å². The fraction of sp³-hybridized carbons (Fsp3) is 0.158. The predicted octanol–water partition coefficient (Wildman–Crippen LogP) is 3.79. The second-order valence-corrected chi connectivity index (χ2v) is 6.07. The molecule has 3 aromatic rings. The molecule has 0 radical (unpaired) electrons. The maximum atomic E-state index is 5.86. The average molecular weight is 334 g/mol. The Morgan fingerprint density at radius 1 is 1.08 bits per heavy atom. The molecule has 1 aliphatic rings. The Morgan fingerprint density at radius 3 is 2.83 bits per heavy atom. The van der Waals surface area contributed by atoms with E-state index >= 15 is 0 Å².